The highest BCUT2D eigenvalue weighted by Crippen LogP contribution is 2.32. The zero-order valence-corrected chi connectivity index (χ0v) is 17.8. The lowest BCUT2D eigenvalue weighted by molar-refractivity contribution is 0.0101. The van der Waals surface area contributed by atoms with E-state index in [0.717, 1.165) is 5.69 Å². The van der Waals surface area contributed by atoms with E-state index in [2.05, 4.69) is 5.10 Å². The third-order valence-electron chi connectivity index (χ3n) is 5.20. The zero-order valence-electron chi connectivity index (χ0n) is 17.8. The second-order valence-electron chi connectivity index (χ2n) is 8.50. The number of rotatable bonds is 2. The van der Waals surface area contributed by atoms with Crippen LogP contribution in [0.2, 0.25) is 0 Å². The molecular weight excluding hydrogens is 376 g/mol. The molecule has 1 unspecified atom stereocenters. The van der Waals surface area contributed by atoms with E-state index in [1.165, 1.54) is 11.7 Å². The molecule has 2 aromatic rings. The number of amides is 1. The maximum atomic E-state index is 12.5. The van der Waals surface area contributed by atoms with Crippen molar-refractivity contribution in [3.63, 3.8) is 0 Å². The number of nitrogens with zero attached hydrogens (tertiary/aromatic N) is 4. The molecule has 0 aliphatic carbocycles. The van der Waals surface area contributed by atoms with Crippen LogP contribution in [0.25, 0.3) is 5.65 Å². The van der Waals surface area contributed by atoms with Crippen LogP contribution < -0.4 is 5.56 Å². The van der Waals surface area contributed by atoms with Gasteiger partial charge in [-0.05, 0) is 40.5 Å². The minimum atomic E-state index is -0.555. The summed E-state index contributed by atoms with van der Waals surface area (Å²) in [7, 11) is 2.93. The summed E-state index contributed by atoms with van der Waals surface area (Å²) in [5.74, 6) is -0.536. The van der Waals surface area contributed by atoms with Crippen LogP contribution >= 0.6 is 0 Å². The minimum absolute atomic E-state index is 0.0190. The Balaban J connectivity index is 1.91. The molecule has 0 bridgehead atoms. The van der Waals surface area contributed by atoms with Crippen molar-refractivity contribution in [2.45, 2.75) is 58.1 Å². The number of esters is 1. The quantitative estimate of drug-likeness (QED) is 0.713. The number of hydrogen-bond acceptors (Lipinski definition) is 6. The first-order valence-electron chi connectivity index (χ1n) is 9.69. The standard InChI is InChI=1S/C20H28N4O5/c1-12-9-13(7-8-23(12)19(27)29-20(2,3)4)15-11-17(25)22(5)16-10-14(18(26)28-6)21-24(15)16/h10-13H,7-9H2,1-6H3/t12-,13?/m1/s1. The highest BCUT2D eigenvalue weighted by Gasteiger charge is 2.34. The number of aromatic nitrogens is 3. The predicted octanol–water partition coefficient (Wildman–Crippen LogP) is 2.32. The Morgan fingerprint density at radius 1 is 1.24 bits per heavy atom. The second kappa shape index (κ2) is 7.53. The molecule has 0 aromatic carbocycles. The van der Waals surface area contributed by atoms with Crippen molar-refractivity contribution < 1.29 is 19.1 Å². The molecule has 29 heavy (non-hydrogen) atoms. The van der Waals surface area contributed by atoms with Crippen molar-refractivity contribution in [2.75, 3.05) is 13.7 Å². The van der Waals surface area contributed by atoms with Crippen molar-refractivity contribution in [2.24, 2.45) is 7.05 Å². The molecule has 0 saturated carbocycles. The number of ether oxygens (including phenoxy) is 2. The van der Waals surface area contributed by atoms with E-state index < -0.39 is 11.6 Å². The number of fused-ring (bicyclic) bond motifs is 1. The number of carbonyl (C=O) groups excluding carboxylic acids is 2. The molecule has 9 nitrogen and oxygen atoms in total. The third kappa shape index (κ3) is 4.13. The van der Waals surface area contributed by atoms with E-state index in [9.17, 15) is 14.4 Å². The van der Waals surface area contributed by atoms with E-state index in [-0.39, 0.29) is 29.3 Å². The van der Waals surface area contributed by atoms with Gasteiger partial charge in [-0.2, -0.15) is 5.10 Å². The van der Waals surface area contributed by atoms with Gasteiger partial charge in [0.15, 0.2) is 5.69 Å². The molecule has 1 aliphatic heterocycles. The molecule has 0 spiro atoms. The monoisotopic (exact) mass is 404 g/mol. The van der Waals surface area contributed by atoms with Crippen LogP contribution in [0, 0.1) is 0 Å². The van der Waals surface area contributed by atoms with Gasteiger partial charge in [-0.15, -0.1) is 0 Å². The summed E-state index contributed by atoms with van der Waals surface area (Å²) in [6, 6.07) is 3.05. The third-order valence-corrected chi connectivity index (χ3v) is 5.20. The van der Waals surface area contributed by atoms with Crippen molar-refractivity contribution in [3.05, 3.63) is 33.9 Å². The Kier molecular flexibility index (Phi) is 5.42. The van der Waals surface area contributed by atoms with Crippen molar-refractivity contribution >= 4 is 17.7 Å². The number of aryl methyl sites for hydroxylation is 1. The van der Waals surface area contributed by atoms with Gasteiger partial charge in [-0.3, -0.25) is 9.36 Å². The lowest BCUT2D eigenvalue weighted by Gasteiger charge is -2.38. The molecule has 0 radical (unpaired) electrons. The van der Waals surface area contributed by atoms with Gasteiger partial charge in [0.25, 0.3) is 5.56 Å². The fraction of sp³-hybridized carbons (Fsp3) is 0.600. The summed E-state index contributed by atoms with van der Waals surface area (Å²) in [6.07, 6.45) is 0.999. The molecule has 2 aromatic heterocycles. The van der Waals surface area contributed by atoms with Gasteiger partial charge < -0.3 is 14.4 Å². The topological polar surface area (TPSA) is 95.1 Å². The lowest BCUT2D eigenvalue weighted by atomic mass is 9.89. The SMILES string of the molecule is COC(=O)c1cc2n(C)c(=O)cc(C3CCN(C(=O)OC(C)(C)C)[C@H](C)C3)n2n1. The first kappa shape index (κ1) is 20.9. The zero-order chi connectivity index (χ0) is 21.5. The molecule has 1 aliphatic rings. The fourth-order valence-corrected chi connectivity index (χ4v) is 3.73. The van der Waals surface area contributed by atoms with Crippen LogP contribution in [0.5, 0.6) is 0 Å². The van der Waals surface area contributed by atoms with E-state index in [0.29, 0.717) is 25.0 Å². The fourth-order valence-electron chi connectivity index (χ4n) is 3.73. The Morgan fingerprint density at radius 2 is 1.93 bits per heavy atom. The van der Waals surface area contributed by atoms with E-state index in [1.807, 2.05) is 27.7 Å². The minimum Gasteiger partial charge on any atom is -0.464 e. The number of piperidine rings is 1. The van der Waals surface area contributed by atoms with Crippen LogP contribution in [0.4, 0.5) is 4.79 Å². The second-order valence-corrected chi connectivity index (χ2v) is 8.50. The van der Waals surface area contributed by atoms with Crippen molar-refractivity contribution in [1.29, 1.82) is 0 Å². The smallest absolute Gasteiger partial charge is 0.410 e. The van der Waals surface area contributed by atoms with Crippen LogP contribution in [0.1, 0.15) is 62.6 Å². The number of methoxy groups -OCH3 is 1. The highest BCUT2D eigenvalue weighted by atomic mass is 16.6. The lowest BCUT2D eigenvalue weighted by Crippen LogP contribution is -2.46. The molecule has 3 rings (SSSR count). The first-order valence-corrected chi connectivity index (χ1v) is 9.69. The van der Waals surface area contributed by atoms with Gasteiger partial charge in [0, 0.05) is 37.7 Å². The normalized spacial score (nSPS) is 20.0. The maximum Gasteiger partial charge on any atom is 0.410 e. The molecule has 9 heteroatoms. The van der Waals surface area contributed by atoms with Gasteiger partial charge in [0.1, 0.15) is 11.2 Å². The number of likely N-dealkylation sites (tertiary alicyclic amines) is 1. The Hall–Kier alpha value is -2.84. The van der Waals surface area contributed by atoms with Gasteiger partial charge >= 0.3 is 12.1 Å². The van der Waals surface area contributed by atoms with Crippen LogP contribution in [-0.2, 0) is 16.5 Å². The van der Waals surface area contributed by atoms with E-state index in [4.69, 9.17) is 9.47 Å². The average molecular weight is 404 g/mol. The number of carbonyl (C=O) groups is 2. The van der Waals surface area contributed by atoms with Gasteiger partial charge in [-0.25, -0.2) is 14.1 Å². The van der Waals surface area contributed by atoms with Crippen molar-refractivity contribution in [3.8, 4) is 0 Å². The number of hydrogen-bond donors (Lipinski definition) is 0. The Bertz CT molecular complexity index is 1000. The summed E-state index contributed by atoms with van der Waals surface area (Å²) < 4.78 is 13.3. The summed E-state index contributed by atoms with van der Waals surface area (Å²) in [6.45, 7) is 8.01. The van der Waals surface area contributed by atoms with E-state index >= 15 is 0 Å². The molecule has 1 saturated heterocycles. The maximum absolute atomic E-state index is 12.5. The van der Waals surface area contributed by atoms with Crippen LogP contribution in [-0.4, -0.2) is 56.4 Å². The summed E-state index contributed by atoms with van der Waals surface area (Å²) in [5, 5.41) is 4.37. The summed E-state index contributed by atoms with van der Waals surface area (Å²) in [4.78, 5) is 38.6. The summed E-state index contributed by atoms with van der Waals surface area (Å²) in [5.41, 5.74) is 0.675. The Morgan fingerprint density at radius 3 is 2.52 bits per heavy atom. The Labute approximate surface area is 169 Å². The van der Waals surface area contributed by atoms with Gasteiger partial charge in [0.05, 0.1) is 12.8 Å². The average Bonchev–Trinajstić information content (AvgIpc) is 3.08. The molecule has 0 N–H and O–H groups in total. The molecule has 3 heterocycles. The van der Waals surface area contributed by atoms with Crippen LogP contribution in [0.15, 0.2) is 16.9 Å². The molecule has 2 atom stereocenters. The largest absolute Gasteiger partial charge is 0.464 e. The first-order chi connectivity index (χ1) is 13.5. The van der Waals surface area contributed by atoms with Gasteiger partial charge in [-0.1, -0.05) is 0 Å². The predicted molar refractivity (Wildman–Crippen MR) is 106 cm³/mol. The van der Waals surface area contributed by atoms with Gasteiger partial charge in [0.2, 0.25) is 0 Å². The molecule has 158 valence electrons. The molecular formula is C20H28N4O5. The van der Waals surface area contributed by atoms with E-state index in [1.54, 1.807) is 28.6 Å². The summed E-state index contributed by atoms with van der Waals surface area (Å²) >= 11 is 0. The highest BCUT2D eigenvalue weighted by molar-refractivity contribution is 5.88. The van der Waals surface area contributed by atoms with Crippen molar-refractivity contribution in [1.82, 2.24) is 19.1 Å². The van der Waals surface area contributed by atoms with Crippen LogP contribution in [0.3, 0.4) is 0 Å². The molecule has 1 fully saturated rings. The molecule has 1 amide bonds.